The van der Waals surface area contributed by atoms with Crippen LogP contribution in [-0.4, -0.2) is 29.8 Å². The fraction of sp³-hybridized carbons (Fsp3) is 0.222. The standard InChI is InChI=1S/C27H28FN3O4/c1-18(32)30-25(16-20-9-5-11-22(28)13-20)27(34)31-24(26(29)33)15-21-10-6-12-23(14-21)35-17-19-7-3-2-4-8-19/h2-14,24-25H,15-17H2,1H3,(H2,29,33)(H,30,32)(H,31,34)/t24-,25-/m1/s1. The number of halogens is 1. The Balaban J connectivity index is 1.67. The Morgan fingerprint density at radius 1 is 0.829 bits per heavy atom. The van der Waals surface area contributed by atoms with E-state index >= 15 is 0 Å². The minimum absolute atomic E-state index is 0.0530. The quantitative estimate of drug-likeness (QED) is 0.394. The lowest BCUT2D eigenvalue weighted by atomic mass is 10.0. The zero-order valence-electron chi connectivity index (χ0n) is 19.4. The summed E-state index contributed by atoms with van der Waals surface area (Å²) in [5.74, 6) is -1.58. The first-order valence-corrected chi connectivity index (χ1v) is 11.2. The van der Waals surface area contributed by atoms with Crippen LogP contribution in [0.15, 0.2) is 78.9 Å². The van der Waals surface area contributed by atoms with Crippen LogP contribution in [-0.2, 0) is 33.8 Å². The SMILES string of the molecule is CC(=O)N[C@H](Cc1cccc(F)c1)C(=O)N[C@H](Cc1cccc(OCc2ccccc2)c1)C(N)=O. The van der Waals surface area contributed by atoms with Crippen LogP contribution in [0.3, 0.4) is 0 Å². The Bertz CT molecular complexity index is 1170. The maximum atomic E-state index is 13.6. The van der Waals surface area contributed by atoms with E-state index < -0.39 is 35.6 Å². The van der Waals surface area contributed by atoms with Crippen LogP contribution in [0, 0.1) is 5.82 Å². The van der Waals surface area contributed by atoms with Gasteiger partial charge in [-0.2, -0.15) is 0 Å². The first kappa shape index (κ1) is 25.4. The largest absolute Gasteiger partial charge is 0.489 e. The summed E-state index contributed by atoms with van der Waals surface area (Å²) in [7, 11) is 0. The van der Waals surface area contributed by atoms with Crippen LogP contribution >= 0.6 is 0 Å². The third kappa shape index (κ3) is 8.26. The Labute approximate surface area is 203 Å². The zero-order chi connectivity index (χ0) is 25.2. The number of amides is 3. The first-order valence-electron chi connectivity index (χ1n) is 11.2. The predicted octanol–water partition coefficient (Wildman–Crippen LogP) is 2.66. The Hall–Kier alpha value is -4.20. The third-order valence-corrected chi connectivity index (χ3v) is 5.27. The summed E-state index contributed by atoms with van der Waals surface area (Å²) in [5, 5.41) is 5.17. The maximum absolute atomic E-state index is 13.6. The fourth-order valence-electron chi connectivity index (χ4n) is 3.59. The van der Waals surface area contributed by atoms with Gasteiger partial charge in [-0.15, -0.1) is 0 Å². The molecule has 0 spiro atoms. The van der Waals surface area contributed by atoms with Crippen molar-refractivity contribution in [3.63, 3.8) is 0 Å². The molecule has 3 aromatic carbocycles. The van der Waals surface area contributed by atoms with Gasteiger partial charge in [0.2, 0.25) is 17.7 Å². The predicted molar refractivity (Wildman–Crippen MR) is 130 cm³/mol. The van der Waals surface area contributed by atoms with Gasteiger partial charge in [0.1, 0.15) is 30.3 Å². The van der Waals surface area contributed by atoms with Crippen molar-refractivity contribution < 1.29 is 23.5 Å². The van der Waals surface area contributed by atoms with Crippen molar-refractivity contribution in [3.05, 3.63) is 101 Å². The number of ether oxygens (including phenoxy) is 1. The van der Waals surface area contributed by atoms with Crippen molar-refractivity contribution in [1.82, 2.24) is 10.6 Å². The van der Waals surface area contributed by atoms with E-state index in [1.807, 2.05) is 30.3 Å². The Morgan fingerprint density at radius 2 is 1.46 bits per heavy atom. The van der Waals surface area contributed by atoms with Crippen LogP contribution in [0.5, 0.6) is 5.75 Å². The summed E-state index contributed by atoms with van der Waals surface area (Å²) in [6.45, 7) is 1.66. The highest BCUT2D eigenvalue weighted by Crippen LogP contribution is 2.17. The Morgan fingerprint density at radius 3 is 2.11 bits per heavy atom. The molecule has 0 aromatic heterocycles. The van der Waals surface area contributed by atoms with Crippen molar-refractivity contribution in [3.8, 4) is 5.75 Å². The summed E-state index contributed by atoms with van der Waals surface area (Å²) in [6, 6.07) is 20.6. The van der Waals surface area contributed by atoms with E-state index in [4.69, 9.17) is 10.5 Å². The second kappa shape index (κ2) is 12.3. The number of rotatable bonds is 11. The molecule has 0 saturated carbocycles. The second-order valence-corrected chi connectivity index (χ2v) is 8.18. The molecule has 0 aliphatic rings. The van der Waals surface area contributed by atoms with Gasteiger partial charge in [-0.25, -0.2) is 4.39 Å². The Kier molecular flexibility index (Phi) is 8.95. The lowest BCUT2D eigenvalue weighted by Crippen LogP contribution is -2.54. The monoisotopic (exact) mass is 477 g/mol. The van der Waals surface area contributed by atoms with Gasteiger partial charge in [-0.1, -0.05) is 54.6 Å². The van der Waals surface area contributed by atoms with Crippen LogP contribution in [0.25, 0.3) is 0 Å². The number of carbonyl (C=O) groups excluding carboxylic acids is 3. The van der Waals surface area contributed by atoms with E-state index in [0.29, 0.717) is 17.9 Å². The van der Waals surface area contributed by atoms with Gasteiger partial charge in [-0.05, 0) is 41.0 Å². The van der Waals surface area contributed by atoms with Crippen molar-refractivity contribution in [2.24, 2.45) is 5.73 Å². The topological polar surface area (TPSA) is 111 Å². The van der Waals surface area contributed by atoms with Crippen molar-refractivity contribution in [1.29, 1.82) is 0 Å². The van der Waals surface area contributed by atoms with Crippen LogP contribution in [0.2, 0.25) is 0 Å². The summed E-state index contributed by atoms with van der Waals surface area (Å²) in [5.41, 5.74) is 7.84. The minimum Gasteiger partial charge on any atom is -0.489 e. The maximum Gasteiger partial charge on any atom is 0.243 e. The normalized spacial score (nSPS) is 12.3. The molecule has 0 aliphatic heterocycles. The zero-order valence-corrected chi connectivity index (χ0v) is 19.4. The minimum atomic E-state index is -1.02. The number of nitrogens with one attached hydrogen (secondary N) is 2. The smallest absolute Gasteiger partial charge is 0.243 e. The van der Waals surface area contributed by atoms with Crippen molar-refractivity contribution >= 4 is 17.7 Å². The summed E-state index contributed by atoms with van der Waals surface area (Å²) >= 11 is 0. The molecule has 7 nitrogen and oxygen atoms in total. The average molecular weight is 478 g/mol. The van der Waals surface area contributed by atoms with Gasteiger partial charge in [0, 0.05) is 19.8 Å². The van der Waals surface area contributed by atoms with Crippen molar-refractivity contribution in [2.75, 3.05) is 0 Å². The lowest BCUT2D eigenvalue weighted by molar-refractivity contribution is -0.130. The molecule has 4 N–H and O–H groups in total. The van der Waals surface area contributed by atoms with E-state index in [9.17, 15) is 18.8 Å². The van der Waals surface area contributed by atoms with Gasteiger partial charge >= 0.3 is 0 Å². The summed E-state index contributed by atoms with van der Waals surface area (Å²) < 4.78 is 19.4. The molecule has 2 atom stereocenters. The van der Waals surface area contributed by atoms with E-state index in [-0.39, 0.29) is 12.8 Å². The van der Waals surface area contributed by atoms with Crippen LogP contribution in [0.4, 0.5) is 4.39 Å². The molecule has 8 heteroatoms. The number of benzene rings is 3. The molecule has 182 valence electrons. The summed E-state index contributed by atoms with van der Waals surface area (Å²) in [4.78, 5) is 36.7. The number of primary amides is 1. The summed E-state index contributed by atoms with van der Waals surface area (Å²) in [6.07, 6.45) is 0.188. The molecule has 0 aliphatic carbocycles. The highest BCUT2D eigenvalue weighted by Gasteiger charge is 2.25. The van der Waals surface area contributed by atoms with Gasteiger partial charge in [-0.3, -0.25) is 14.4 Å². The number of carbonyl (C=O) groups is 3. The van der Waals surface area contributed by atoms with Crippen LogP contribution < -0.4 is 21.1 Å². The number of nitrogens with two attached hydrogens (primary N) is 1. The molecular weight excluding hydrogens is 449 g/mol. The molecule has 0 unspecified atom stereocenters. The molecule has 0 heterocycles. The van der Waals surface area contributed by atoms with Gasteiger partial charge in [0.15, 0.2) is 0 Å². The van der Waals surface area contributed by atoms with Crippen LogP contribution in [0.1, 0.15) is 23.6 Å². The highest BCUT2D eigenvalue weighted by molar-refractivity contribution is 5.91. The van der Waals surface area contributed by atoms with E-state index in [1.165, 1.54) is 25.1 Å². The highest BCUT2D eigenvalue weighted by atomic mass is 19.1. The van der Waals surface area contributed by atoms with Gasteiger partial charge in [0.05, 0.1) is 0 Å². The van der Waals surface area contributed by atoms with Crippen molar-refractivity contribution in [2.45, 2.75) is 38.5 Å². The van der Waals surface area contributed by atoms with E-state index in [1.54, 1.807) is 30.3 Å². The van der Waals surface area contributed by atoms with E-state index in [0.717, 1.165) is 11.1 Å². The number of hydrogen-bond acceptors (Lipinski definition) is 4. The molecule has 3 rings (SSSR count). The fourth-order valence-corrected chi connectivity index (χ4v) is 3.59. The average Bonchev–Trinajstić information content (AvgIpc) is 2.82. The van der Waals surface area contributed by atoms with Gasteiger partial charge < -0.3 is 21.1 Å². The molecule has 0 saturated heterocycles. The molecule has 3 aromatic rings. The molecule has 35 heavy (non-hydrogen) atoms. The molecular formula is C27H28FN3O4. The first-order chi connectivity index (χ1) is 16.8. The van der Waals surface area contributed by atoms with E-state index in [2.05, 4.69) is 10.6 Å². The third-order valence-electron chi connectivity index (χ3n) is 5.27. The molecule has 0 fully saturated rings. The molecule has 3 amide bonds. The molecule has 0 bridgehead atoms. The molecule has 0 radical (unpaired) electrons. The van der Waals surface area contributed by atoms with Gasteiger partial charge in [0.25, 0.3) is 0 Å². The number of hydrogen-bond donors (Lipinski definition) is 3. The lowest BCUT2D eigenvalue weighted by Gasteiger charge is -2.22. The second-order valence-electron chi connectivity index (χ2n) is 8.18.